The lowest BCUT2D eigenvalue weighted by atomic mass is 9.92. The summed E-state index contributed by atoms with van der Waals surface area (Å²) in [5.41, 5.74) is 5.95. The first kappa shape index (κ1) is 16.8. The SMILES string of the molecule is c1ccc(Oc2ccc(Nc3c4c(nc5ccccc35)CCCC4)cc2)cc1. The second kappa shape index (κ2) is 7.35. The molecule has 3 nitrogen and oxygen atoms in total. The molecule has 0 bridgehead atoms. The van der Waals surface area contributed by atoms with Crippen LogP contribution in [0.5, 0.6) is 11.5 Å². The van der Waals surface area contributed by atoms with Crippen molar-refractivity contribution < 1.29 is 4.74 Å². The number of rotatable bonds is 4. The Kier molecular flexibility index (Phi) is 4.42. The molecule has 0 aliphatic heterocycles. The Morgan fingerprint density at radius 3 is 2.29 bits per heavy atom. The molecule has 3 heteroatoms. The van der Waals surface area contributed by atoms with Gasteiger partial charge in [0.2, 0.25) is 0 Å². The van der Waals surface area contributed by atoms with Crippen LogP contribution in [0.2, 0.25) is 0 Å². The number of para-hydroxylation sites is 2. The fourth-order valence-electron chi connectivity index (χ4n) is 3.89. The molecule has 0 amide bonds. The van der Waals surface area contributed by atoms with Gasteiger partial charge in [0.15, 0.2) is 0 Å². The molecule has 0 radical (unpaired) electrons. The molecule has 1 aliphatic rings. The minimum absolute atomic E-state index is 0.832. The van der Waals surface area contributed by atoms with E-state index in [0.29, 0.717) is 0 Å². The number of nitrogens with zero attached hydrogens (tertiary/aromatic N) is 1. The van der Waals surface area contributed by atoms with Gasteiger partial charge in [-0.2, -0.15) is 0 Å². The predicted octanol–water partition coefficient (Wildman–Crippen LogP) is 6.65. The van der Waals surface area contributed by atoms with Gasteiger partial charge in [0.1, 0.15) is 11.5 Å². The number of anilines is 2. The van der Waals surface area contributed by atoms with Gasteiger partial charge in [0.05, 0.1) is 11.2 Å². The number of hydrogen-bond acceptors (Lipinski definition) is 3. The highest BCUT2D eigenvalue weighted by Crippen LogP contribution is 2.35. The fraction of sp³-hybridized carbons (Fsp3) is 0.160. The van der Waals surface area contributed by atoms with Crippen molar-refractivity contribution in [1.29, 1.82) is 0 Å². The standard InChI is InChI=1S/C25H22N2O/c1-2-8-19(9-3-1)28-20-16-14-18(15-17-20)26-25-21-10-4-6-12-23(21)27-24-13-7-5-11-22(24)25/h1-4,6,8-10,12,14-17H,5,7,11,13H2,(H,26,27). The lowest BCUT2D eigenvalue weighted by molar-refractivity contribution is 0.483. The van der Waals surface area contributed by atoms with Gasteiger partial charge in [-0.3, -0.25) is 4.98 Å². The Labute approximate surface area is 165 Å². The normalized spacial score (nSPS) is 13.1. The molecule has 1 heterocycles. The van der Waals surface area contributed by atoms with Crippen molar-refractivity contribution in [3.8, 4) is 11.5 Å². The van der Waals surface area contributed by atoms with E-state index in [2.05, 4.69) is 41.7 Å². The van der Waals surface area contributed by atoms with E-state index >= 15 is 0 Å². The van der Waals surface area contributed by atoms with Gasteiger partial charge in [-0.25, -0.2) is 0 Å². The van der Waals surface area contributed by atoms with E-state index in [9.17, 15) is 0 Å². The number of pyridine rings is 1. The summed E-state index contributed by atoms with van der Waals surface area (Å²) in [7, 11) is 0. The lowest BCUT2D eigenvalue weighted by Gasteiger charge is -2.21. The van der Waals surface area contributed by atoms with Crippen molar-refractivity contribution in [3.05, 3.63) is 90.1 Å². The topological polar surface area (TPSA) is 34.1 Å². The Morgan fingerprint density at radius 2 is 1.43 bits per heavy atom. The van der Waals surface area contributed by atoms with Crippen LogP contribution in [0.15, 0.2) is 78.9 Å². The molecule has 0 saturated carbocycles. The summed E-state index contributed by atoms with van der Waals surface area (Å²) in [5, 5.41) is 4.86. The van der Waals surface area contributed by atoms with E-state index in [4.69, 9.17) is 9.72 Å². The molecular formula is C25H22N2O. The number of aromatic nitrogens is 1. The van der Waals surface area contributed by atoms with Gasteiger partial charge >= 0.3 is 0 Å². The highest BCUT2D eigenvalue weighted by Gasteiger charge is 2.18. The molecule has 1 aliphatic carbocycles. The van der Waals surface area contributed by atoms with Crippen LogP contribution in [0.3, 0.4) is 0 Å². The maximum Gasteiger partial charge on any atom is 0.127 e. The minimum atomic E-state index is 0.832. The fourth-order valence-corrected chi connectivity index (χ4v) is 3.89. The average molecular weight is 366 g/mol. The van der Waals surface area contributed by atoms with Crippen LogP contribution in [-0.2, 0) is 12.8 Å². The molecule has 3 aromatic carbocycles. The molecule has 4 aromatic rings. The van der Waals surface area contributed by atoms with Crippen LogP contribution in [0.4, 0.5) is 11.4 Å². The quantitative estimate of drug-likeness (QED) is 0.439. The third kappa shape index (κ3) is 3.31. The molecule has 1 N–H and O–H groups in total. The monoisotopic (exact) mass is 366 g/mol. The van der Waals surface area contributed by atoms with E-state index in [0.717, 1.165) is 35.5 Å². The van der Waals surface area contributed by atoms with Gasteiger partial charge in [0, 0.05) is 16.8 Å². The van der Waals surface area contributed by atoms with Gasteiger partial charge in [-0.15, -0.1) is 0 Å². The van der Waals surface area contributed by atoms with Crippen molar-refractivity contribution in [2.24, 2.45) is 0 Å². The Bertz CT molecular complexity index is 1100. The summed E-state index contributed by atoms with van der Waals surface area (Å²) >= 11 is 0. The highest BCUT2D eigenvalue weighted by molar-refractivity contribution is 5.95. The number of nitrogens with one attached hydrogen (secondary N) is 1. The van der Waals surface area contributed by atoms with E-state index in [1.807, 2.05) is 42.5 Å². The van der Waals surface area contributed by atoms with Crippen LogP contribution < -0.4 is 10.1 Å². The van der Waals surface area contributed by atoms with Crippen LogP contribution in [0.25, 0.3) is 10.9 Å². The Morgan fingerprint density at radius 1 is 0.714 bits per heavy atom. The van der Waals surface area contributed by atoms with E-state index in [1.54, 1.807) is 0 Å². The zero-order valence-electron chi connectivity index (χ0n) is 15.7. The molecule has 0 atom stereocenters. The van der Waals surface area contributed by atoms with Crippen molar-refractivity contribution in [1.82, 2.24) is 4.98 Å². The second-order valence-corrected chi connectivity index (χ2v) is 7.20. The zero-order chi connectivity index (χ0) is 18.8. The summed E-state index contributed by atoms with van der Waals surface area (Å²) < 4.78 is 5.91. The molecule has 0 saturated heterocycles. The summed E-state index contributed by atoms with van der Waals surface area (Å²) in [6, 6.07) is 26.4. The molecule has 0 unspecified atom stereocenters. The Balaban J connectivity index is 1.47. The van der Waals surface area contributed by atoms with Crippen LogP contribution in [0, 0.1) is 0 Å². The minimum Gasteiger partial charge on any atom is -0.457 e. The van der Waals surface area contributed by atoms with Crippen LogP contribution >= 0.6 is 0 Å². The van der Waals surface area contributed by atoms with Gasteiger partial charge < -0.3 is 10.1 Å². The Hall–Kier alpha value is -3.33. The van der Waals surface area contributed by atoms with Crippen molar-refractivity contribution in [3.63, 3.8) is 0 Å². The smallest absolute Gasteiger partial charge is 0.127 e. The van der Waals surface area contributed by atoms with E-state index < -0.39 is 0 Å². The van der Waals surface area contributed by atoms with Crippen molar-refractivity contribution >= 4 is 22.3 Å². The molecule has 5 rings (SSSR count). The predicted molar refractivity (Wildman–Crippen MR) is 115 cm³/mol. The average Bonchev–Trinajstić information content (AvgIpc) is 2.75. The lowest BCUT2D eigenvalue weighted by Crippen LogP contribution is -2.09. The molecule has 1 aromatic heterocycles. The number of aryl methyl sites for hydroxylation is 1. The maximum atomic E-state index is 5.91. The molecule has 0 spiro atoms. The van der Waals surface area contributed by atoms with Crippen molar-refractivity contribution in [2.45, 2.75) is 25.7 Å². The largest absolute Gasteiger partial charge is 0.457 e. The summed E-state index contributed by atoms with van der Waals surface area (Å²) in [5.74, 6) is 1.68. The van der Waals surface area contributed by atoms with E-state index in [-0.39, 0.29) is 0 Å². The molecule has 138 valence electrons. The highest BCUT2D eigenvalue weighted by atomic mass is 16.5. The first-order valence-electron chi connectivity index (χ1n) is 9.87. The second-order valence-electron chi connectivity index (χ2n) is 7.20. The number of benzene rings is 3. The van der Waals surface area contributed by atoms with Gasteiger partial charge in [-0.1, -0.05) is 36.4 Å². The number of ether oxygens (including phenoxy) is 1. The van der Waals surface area contributed by atoms with E-state index in [1.165, 1.54) is 35.2 Å². The van der Waals surface area contributed by atoms with Crippen molar-refractivity contribution in [2.75, 3.05) is 5.32 Å². The third-order valence-corrected chi connectivity index (χ3v) is 5.27. The molecule has 28 heavy (non-hydrogen) atoms. The zero-order valence-corrected chi connectivity index (χ0v) is 15.7. The molecular weight excluding hydrogens is 344 g/mol. The summed E-state index contributed by atoms with van der Waals surface area (Å²) in [6.07, 6.45) is 4.61. The third-order valence-electron chi connectivity index (χ3n) is 5.27. The summed E-state index contributed by atoms with van der Waals surface area (Å²) in [6.45, 7) is 0. The van der Waals surface area contributed by atoms with Gasteiger partial charge in [-0.05, 0) is 73.7 Å². The summed E-state index contributed by atoms with van der Waals surface area (Å²) in [4.78, 5) is 4.92. The number of fused-ring (bicyclic) bond motifs is 2. The van der Waals surface area contributed by atoms with Crippen LogP contribution in [-0.4, -0.2) is 4.98 Å². The first-order chi connectivity index (χ1) is 13.9. The first-order valence-corrected chi connectivity index (χ1v) is 9.87. The van der Waals surface area contributed by atoms with Gasteiger partial charge in [0.25, 0.3) is 0 Å². The van der Waals surface area contributed by atoms with Crippen LogP contribution in [0.1, 0.15) is 24.1 Å². The number of hydrogen-bond donors (Lipinski definition) is 1. The molecule has 0 fully saturated rings. The maximum absolute atomic E-state index is 5.91.